The third-order valence-electron chi connectivity index (χ3n) is 6.15. The van der Waals surface area contributed by atoms with E-state index in [9.17, 15) is 36.2 Å². The van der Waals surface area contributed by atoms with Gasteiger partial charge in [-0.3, -0.25) is 9.36 Å². The zero-order valence-electron chi connectivity index (χ0n) is 21.5. The van der Waals surface area contributed by atoms with E-state index in [1.165, 1.54) is 19.2 Å². The molecule has 1 aromatic heterocycles. The summed E-state index contributed by atoms with van der Waals surface area (Å²) in [6.07, 6.45) is -12.3. The number of benzene rings is 3. The highest BCUT2D eigenvalue weighted by Crippen LogP contribution is 2.50. The monoisotopic (exact) mass is 566 g/mol. The molecule has 0 atom stereocenters. The molecule has 6 nitrogen and oxygen atoms in total. The number of aromatic nitrogens is 2. The van der Waals surface area contributed by atoms with E-state index in [2.05, 4.69) is 4.98 Å². The first-order valence-electron chi connectivity index (χ1n) is 12.0. The molecule has 212 valence electrons. The average Bonchev–Trinajstić information content (AvgIpc) is 2.87. The summed E-state index contributed by atoms with van der Waals surface area (Å²) in [5.41, 5.74) is -6.24. The fraction of sp³-hybridized carbons (Fsp3) is 0.286. The number of aliphatic hydroxyl groups is 1. The van der Waals surface area contributed by atoms with Crippen LogP contribution in [0, 0.1) is 0 Å². The number of fused-ring (bicyclic) bond motifs is 1. The van der Waals surface area contributed by atoms with E-state index in [1.54, 1.807) is 44.2 Å². The molecule has 0 bridgehead atoms. The maximum Gasteiger partial charge on any atom is 0.430 e. The SMILES string of the molecule is COc1cc2nc(Cc3ccccc3)n(-c3ccc(C(O)(C(F)(F)F)C(F)(F)F)cc3)c(=O)c2cc1OC(C)C. The molecule has 0 unspecified atom stereocenters. The molecule has 3 aromatic carbocycles. The lowest BCUT2D eigenvalue weighted by molar-refractivity contribution is -0.376. The molecular formula is C28H24F6N2O4. The molecule has 4 aromatic rings. The smallest absolute Gasteiger partial charge is 0.430 e. The number of methoxy groups -OCH3 is 1. The van der Waals surface area contributed by atoms with Crippen LogP contribution in [0.5, 0.6) is 11.5 Å². The van der Waals surface area contributed by atoms with Crippen LogP contribution in [0.25, 0.3) is 16.6 Å². The quantitative estimate of drug-likeness (QED) is 0.275. The maximum atomic E-state index is 13.8. The number of rotatable bonds is 7. The highest BCUT2D eigenvalue weighted by molar-refractivity contribution is 5.82. The molecule has 0 aliphatic heterocycles. The van der Waals surface area contributed by atoms with Gasteiger partial charge in [-0.1, -0.05) is 42.5 Å². The van der Waals surface area contributed by atoms with Crippen molar-refractivity contribution in [2.24, 2.45) is 0 Å². The van der Waals surface area contributed by atoms with Crippen LogP contribution in [-0.2, 0) is 12.0 Å². The molecule has 0 aliphatic carbocycles. The van der Waals surface area contributed by atoms with Gasteiger partial charge >= 0.3 is 12.4 Å². The van der Waals surface area contributed by atoms with Gasteiger partial charge in [0.05, 0.1) is 29.8 Å². The van der Waals surface area contributed by atoms with Gasteiger partial charge in [-0.2, -0.15) is 26.3 Å². The molecule has 12 heteroatoms. The molecule has 1 heterocycles. The molecule has 0 fully saturated rings. The van der Waals surface area contributed by atoms with Crippen molar-refractivity contribution >= 4 is 10.9 Å². The van der Waals surface area contributed by atoms with E-state index in [0.29, 0.717) is 17.9 Å². The number of hydrogen-bond acceptors (Lipinski definition) is 5. The zero-order valence-corrected chi connectivity index (χ0v) is 21.5. The van der Waals surface area contributed by atoms with Crippen LogP contribution in [-0.4, -0.2) is 40.2 Å². The third kappa shape index (κ3) is 5.23. The molecule has 0 spiro atoms. The highest BCUT2D eigenvalue weighted by Gasteiger charge is 2.71. The summed E-state index contributed by atoms with van der Waals surface area (Å²) in [7, 11) is 1.42. The van der Waals surface area contributed by atoms with Crippen LogP contribution in [0.1, 0.15) is 30.8 Å². The molecular weight excluding hydrogens is 542 g/mol. The zero-order chi connectivity index (χ0) is 29.5. The van der Waals surface area contributed by atoms with E-state index in [-0.39, 0.29) is 40.7 Å². The molecule has 0 saturated heterocycles. The fourth-order valence-electron chi connectivity index (χ4n) is 4.25. The molecule has 0 saturated carbocycles. The second-order valence-electron chi connectivity index (χ2n) is 9.27. The van der Waals surface area contributed by atoms with Crippen molar-refractivity contribution in [3.63, 3.8) is 0 Å². The van der Waals surface area contributed by atoms with Crippen LogP contribution in [0.4, 0.5) is 26.3 Å². The highest BCUT2D eigenvalue weighted by atomic mass is 19.4. The summed E-state index contributed by atoms with van der Waals surface area (Å²) in [4.78, 5) is 18.4. The van der Waals surface area contributed by atoms with Crippen molar-refractivity contribution in [3.05, 3.63) is 94.0 Å². The van der Waals surface area contributed by atoms with Crippen LogP contribution < -0.4 is 15.0 Å². The fourth-order valence-corrected chi connectivity index (χ4v) is 4.25. The van der Waals surface area contributed by atoms with E-state index in [1.807, 2.05) is 0 Å². The number of hydrogen-bond donors (Lipinski definition) is 1. The van der Waals surface area contributed by atoms with Gasteiger partial charge < -0.3 is 14.6 Å². The second kappa shape index (κ2) is 10.5. The van der Waals surface area contributed by atoms with Gasteiger partial charge in [0.15, 0.2) is 11.5 Å². The van der Waals surface area contributed by atoms with Crippen LogP contribution in [0.2, 0.25) is 0 Å². The minimum absolute atomic E-state index is 0.0528. The molecule has 0 radical (unpaired) electrons. The number of alkyl halides is 6. The van der Waals surface area contributed by atoms with E-state index in [0.717, 1.165) is 22.3 Å². The Kier molecular flexibility index (Phi) is 7.59. The first kappa shape index (κ1) is 28.9. The molecule has 1 N–H and O–H groups in total. The Bertz CT molecular complexity index is 1550. The Morgan fingerprint density at radius 3 is 2.02 bits per heavy atom. The van der Waals surface area contributed by atoms with Gasteiger partial charge in [0.2, 0.25) is 0 Å². The largest absolute Gasteiger partial charge is 0.493 e. The summed E-state index contributed by atoms with van der Waals surface area (Å²) in [5.74, 6) is 0.736. The molecule has 4 rings (SSSR count). The molecule has 40 heavy (non-hydrogen) atoms. The average molecular weight is 566 g/mol. The van der Waals surface area contributed by atoms with E-state index >= 15 is 0 Å². The molecule has 0 aliphatic rings. The first-order valence-corrected chi connectivity index (χ1v) is 12.0. The summed E-state index contributed by atoms with van der Waals surface area (Å²) in [5, 5.41) is 9.84. The second-order valence-corrected chi connectivity index (χ2v) is 9.27. The normalized spacial score (nSPS) is 12.7. The summed E-state index contributed by atoms with van der Waals surface area (Å²) >= 11 is 0. The summed E-state index contributed by atoms with van der Waals surface area (Å²) in [6.45, 7) is 3.54. The van der Waals surface area contributed by atoms with Gasteiger partial charge in [0.1, 0.15) is 5.82 Å². The predicted octanol–water partition coefficient (Wildman–Crippen LogP) is 6.08. The van der Waals surface area contributed by atoms with Gasteiger partial charge in [-0.25, -0.2) is 4.98 Å². The lowest BCUT2D eigenvalue weighted by Crippen LogP contribution is -2.53. The van der Waals surface area contributed by atoms with Crippen molar-refractivity contribution in [3.8, 4) is 17.2 Å². The Morgan fingerprint density at radius 2 is 1.50 bits per heavy atom. The Balaban J connectivity index is 1.95. The van der Waals surface area contributed by atoms with Gasteiger partial charge in [0.25, 0.3) is 11.2 Å². The third-order valence-corrected chi connectivity index (χ3v) is 6.15. The Morgan fingerprint density at radius 1 is 0.900 bits per heavy atom. The van der Waals surface area contributed by atoms with Crippen molar-refractivity contribution in [2.45, 2.75) is 44.3 Å². The Hall–Kier alpha value is -4.06. The van der Waals surface area contributed by atoms with E-state index < -0.39 is 29.1 Å². The number of halogens is 6. The lowest BCUT2D eigenvalue weighted by Gasteiger charge is -2.32. The van der Waals surface area contributed by atoms with Gasteiger partial charge in [-0.15, -0.1) is 0 Å². The van der Waals surface area contributed by atoms with Crippen LogP contribution >= 0.6 is 0 Å². The van der Waals surface area contributed by atoms with Crippen molar-refractivity contribution in [1.82, 2.24) is 9.55 Å². The summed E-state index contributed by atoms with van der Waals surface area (Å²) in [6, 6.07) is 14.6. The van der Waals surface area contributed by atoms with Crippen molar-refractivity contribution in [1.29, 1.82) is 0 Å². The topological polar surface area (TPSA) is 73.6 Å². The standard InChI is InChI=1S/C28H24F6N2O4/c1-16(2)40-23-14-20-21(15-22(23)39-3)35-24(13-17-7-5-4-6-8-17)36(25(20)37)19-11-9-18(10-12-19)26(38,27(29,30)31)28(32,33)34/h4-12,14-16,38H,13H2,1-3H3. The maximum absolute atomic E-state index is 13.8. The first-order chi connectivity index (χ1) is 18.7. The summed E-state index contributed by atoms with van der Waals surface area (Å²) < 4.78 is 92.6. The van der Waals surface area contributed by atoms with Gasteiger partial charge in [-0.05, 0) is 37.6 Å². The number of nitrogens with zero attached hydrogens (tertiary/aromatic N) is 2. The van der Waals surface area contributed by atoms with Crippen LogP contribution in [0.3, 0.4) is 0 Å². The minimum atomic E-state index is -6.04. The molecule has 0 amide bonds. The van der Waals surface area contributed by atoms with Crippen molar-refractivity contribution < 1.29 is 40.9 Å². The number of ether oxygens (including phenoxy) is 2. The van der Waals surface area contributed by atoms with Crippen LogP contribution in [0.15, 0.2) is 71.5 Å². The van der Waals surface area contributed by atoms with Gasteiger partial charge in [0, 0.05) is 18.1 Å². The minimum Gasteiger partial charge on any atom is -0.493 e. The van der Waals surface area contributed by atoms with E-state index in [4.69, 9.17) is 9.47 Å². The predicted molar refractivity (Wildman–Crippen MR) is 135 cm³/mol. The van der Waals surface area contributed by atoms with Crippen molar-refractivity contribution in [2.75, 3.05) is 7.11 Å². The lowest BCUT2D eigenvalue weighted by atomic mass is 9.92. The Labute approximate surface area is 224 Å².